The third-order valence-electron chi connectivity index (χ3n) is 4.88. The summed E-state index contributed by atoms with van der Waals surface area (Å²) in [6, 6.07) is 9.31. The Labute approximate surface area is 133 Å². The molecule has 0 aromatic heterocycles. The Morgan fingerprint density at radius 1 is 1.41 bits per heavy atom. The fourth-order valence-electron chi connectivity index (χ4n) is 3.13. The average molecular weight is 304 g/mol. The molecule has 4 atom stereocenters. The van der Waals surface area contributed by atoms with Gasteiger partial charge in [0.1, 0.15) is 0 Å². The molecule has 122 valence electrons. The number of likely N-dealkylation sites (tertiary alicyclic amines) is 1. The van der Waals surface area contributed by atoms with Crippen molar-refractivity contribution in [1.29, 1.82) is 0 Å². The standard InChI is InChI=1S/C18H28N2O2/c1-3-13(2)17(19)18(22)20-11-7-10-15(20)12-16(21)14-8-5-4-6-9-14/h4-6,8-9,13,15-17,21H,3,7,10-12,19H2,1-2H3. The van der Waals surface area contributed by atoms with Gasteiger partial charge in [-0.3, -0.25) is 4.79 Å². The van der Waals surface area contributed by atoms with Crippen LogP contribution in [0.2, 0.25) is 0 Å². The molecule has 0 saturated carbocycles. The third kappa shape index (κ3) is 3.87. The highest BCUT2D eigenvalue weighted by Crippen LogP contribution is 2.28. The molecule has 4 heteroatoms. The van der Waals surface area contributed by atoms with Crippen molar-refractivity contribution in [2.75, 3.05) is 6.54 Å². The first-order chi connectivity index (χ1) is 10.5. The van der Waals surface area contributed by atoms with Gasteiger partial charge in [0, 0.05) is 12.6 Å². The van der Waals surface area contributed by atoms with Crippen molar-refractivity contribution in [2.24, 2.45) is 11.7 Å². The van der Waals surface area contributed by atoms with Crippen molar-refractivity contribution in [1.82, 2.24) is 4.90 Å². The Hall–Kier alpha value is -1.39. The number of aliphatic hydroxyl groups excluding tert-OH is 1. The van der Waals surface area contributed by atoms with Crippen LogP contribution in [0.3, 0.4) is 0 Å². The van der Waals surface area contributed by atoms with Crippen molar-refractivity contribution in [3.8, 4) is 0 Å². The van der Waals surface area contributed by atoms with E-state index in [2.05, 4.69) is 6.92 Å². The van der Waals surface area contributed by atoms with Crippen LogP contribution in [0, 0.1) is 5.92 Å². The highest BCUT2D eigenvalue weighted by Gasteiger charge is 2.34. The van der Waals surface area contributed by atoms with Gasteiger partial charge in [-0.2, -0.15) is 0 Å². The van der Waals surface area contributed by atoms with Gasteiger partial charge < -0.3 is 15.7 Å². The Morgan fingerprint density at radius 2 is 2.09 bits per heavy atom. The van der Waals surface area contributed by atoms with Gasteiger partial charge in [-0.05, 0) is 30.7 Å². The lowest BCUT2D eigenvalue weighted by molar-refractivity contribution is -0.135. The predicted molar refractivity (Wildman–Crippen MR) is 88.2 cm³/mol. The highest BCUT2D eigenvalue weighted by atomic mass is 16.3. The number of amides is 1. The number of benzene rings is 1. The van der Waals surface area contributed by atoms with Crippen molar-refractivity contribution in [3.63, 3.8) is 0 Å². The van der Waals surface area contributed by atoms with Gasteiger partial charge in [0.15, 0.2) is 0 Å². The van der Waals surface area contributed by atoms with E-state index in [0.717, 1.165) is 31.4 Å². The summed E-state index contributed by atoms with van der Waals surface area (Å²) in [4.78, 5) is 14.5. The number of rotatable bonds is 6. The van der Waals surface area contributed by atoms with Crippen LogP contribution in [0.5, 0.6) is 0 Å². The maximum absolute atomic E-state index is 12.6. The van der Waals surface area contributed by atoms with Crippen molar-refractivity contribution >= 4 is 5.91 Å². The molecule has 0 radical (unpaired) electrons. The van der Waals surface area contributed by atoms with Crippen LogP contribution in [-0.4, -0.2) is 34.5 Å². The molecule has 4 nitrogen and oxygen atoms in total. The number of nitrogens with zero attached hydrogens (tertiary/aromatic N) is 1. The van der Waals surface area contributed by atoms with Gasteiger partial charge in [-0.1, -0.05) is 50.6 Å². The van der Waals surface area contributed by atoms with E-state index < -0.39 is 12.1 Å². The first kappa shape index (κ1) is 17.0. The van der Waals surface area contributed by atoms with E-state index in [9.17, 15) is 9.90 Å². The minimum Gasteiger partial charge on any atom is -0.388 e. The first-order valence-electron chi connectivity index (χ1n) is 8.33. The number of carbonyl (C=O) groups excluding carboxylic acids is 1. The number of nitrogens with two attached hydrogens (primary N) is 1. The van der Waals surface area contributed by atoms with Gasteiger partial charge in [-0.15, -0.1) is 0 Å². The normalized spacial score (nSPS) is 22.4. The monoisotopic (exact) mass is 304 g/mol. The smallest absolute Gasteiger partial charge is 0.240 e. The summed E-state index contributed by atoms with van der Waals surface area (Å²) in [7, 11) is 0. The van der Waals surface area contributed by atoms with Crippen LogP contribution in [0.1, 0.15) is 51.2 Å². The molecule has 1 aliphatic rings. The van der Waals surface area contributed by atoms with Gasteiger partial charge in [0.05, 0.1) is 12.1 Å². The summed E-state index contributed by atoms with van der Waals surface area (Å²) < 4.78 is 0. The second-order valence-corrected chi connectivity index (χ2v) is 6.40. The molecule has 1 saturated heterocycles. The number of hydrogen-bond acceptors (Lipinski definition) is 3. The fourth-order valence-corrected chi connectivity index (χ4v) is 3.13. The second kappa shape index (κ2) is 7.75. The molecule has 1 aromatic rings. The lowest BCUT2D eigenvalue weighted by atomic mass is 9.97. The van der Waals surface area contributed by atoms with Crippen LogP contribution in [0.4, 0.5) is 0 Å². The van der Waals surface area contributed by atoms with Crippen LogP contribution < -0.4 is 5.73 Å². The lowest BCUT2D eigenvalue weighted by Crippen LogP contribution is -2.49. The first-order valence-corrected chi connectivity index (χ1v) is 8.33. The lowest BCUT2D eigenvalue weighted by Gasteiger charge is -2.30. The minimum atomic E-state index is -0.528. The minimum absolute atomic E-state index is 0.0390. The van der Waals surface area contributed by atoms with E-state index in [-0.39, 0.29) is 17.9 Å². The largest absolute Gasteiger partial charge is 0.388 e. The van der Waals surface area contributed by atoms with E-state index in [1.165, 1.54) is 0 Å². The molecule has 22 heavy (non-hydrogen) atoms. The predicted octanol–water partition coefficient (Wildman–Crippen LogP) is 2.47. The SMILES string of the molecule is CCC(C)C(N)C(=O)N1CCCC1CC(O)c1ccccc1. The number of hydrogen-bond donors (Lipinski definition) is 2. The summed E-state index contributed by atoms with van der Waals surface area (Å²) in [5, 5.41) is 10.4. The molecule has 4 unspecified atom stereocenters. The van der Waals surface area contributed by atoms with Crippen LogP contribution in [-0.2, 0) is 4.79 Å². The molecule has 3 N–H and O–H groups in total. The summed E-state index contributed by atoms with van der Waals surface area (Å²) in [5.74, 6) is 0.227. The van der Waals surface area contributed by atoms with Gasteiger partial charge >= 0.3 is 0 Å². The van der Waals surface area contributed by atoms with E-state index in [0.29, 0.717) is 6.42 Å². The summed E-state index contributed by atoms with van der Waals surface area (Å²) in [6.07, 6.45) is 2.90. The topological polar surface area (TPSA) is 66.6 Å². The zero-order valence-corrected chi connectivity index (χ0v) is 13.6. The van der Waals surface area contributed by atoms with E-state index in [1.54, 1.807) is 0 Å². The highest BCUT2D eigenvalue weighted by molar-refractivity contribution is 5.82. The molecular weight excluding hydrogens is 276 g/mol. The number of carbonyl (C=O) groups is 1. The van der Waals surface area contributed by atoms with Crippen LogP contribution >= 0.6 is 0 Å². The summed E-state index contributed by atoms with van der Waals surface area (Å²) >= 11 is 0. The third-order valence-corrected chi connectivity index (χ3v) is 4.88. The summed E-state index contributed by atoms with van der Waals surface area (Å²) in [6.45, 7) is 4.83. The molecule has 1 heterocycles. The van der Waals surface area contributed by atoms with Gasteiger partial charge in [0.25, 0.3) is 0 Å². The second-order valence-electron chi connectivity index (χ2n) is 6.40. The molecule has 1 aromatic carbocycles. The Balaban J connectivity index is 2.00. The zero-order chi connectivity index (χ0) is 16.1. The number of aliphatic hydroxyl groups is 1. The molecular formula is C18H28N2O2. The van der Waals surface area contributed by atoms with Crippen molar-refractivity contribution < 1.29 is 9.90 Å². The quantitative estimate of drug-likeness (QED) is 0.848. The van der Waals surface area contributed by atoms with Gasteiger partial charge in [0.2, 0.25) is 5.91 Å². The Kier molecular flexibility index (Phi) is 5.98. The Bertz CT molecular complexity index is 477. The average Bonchev–Trinajstić information content (AvgIpc) is 3.01. The van der Waals surface area contributed by atoms with Crippen molar-refractivity contribution in [2.45, 2.75) is 57.7 Å². The molecule has 1 fully saturated rings. The molecule has 2 rings (SSSR count). The van der Waals surface area contributed by atoms with E-state index in [4.69, 9.17) is 5.73 Å². The molecule has 0 spiro atoms. The Morgan fingerprint density at radius 3 is 2.73 bits per heavy atom. The van der Waals surface area contributed by atoms with E-state index >= 15 is 0 Å². The van der Waals surface area contributed by atoms with Crippen molar-refractivity contribution in [3.05, 3.63) is 35.9 Å². The van der Waals surface area contributed by atoms with Gasteiger partial charge in [-0.25, -0.2) is 0 Å². The molecule has 0 bridgehead atoms. The summed E-state index contributed by atoms with van der Waals surface area (Å²) in [5.41, 5.74) is 7.01. The maximum Gasteiger partial charge on any atom is 0.240 e. The molecule has 1 amide bonds. The zero-order valence-electron chi connectivity index (χ0n) is 13.6. The van der Waals surface area contributed by atoms with Crippen LogP contribution in [0.15, 0.2) is 30.3 Å². The molecule has 1 aliphatic heterocycles. The van der Waals surface area contributed by atoms with Crippen LogP contribution in [0.25, 0.3) is 0 Å². The fraction of sp³-hybridized carbons (Fsp3) is 0.611. The van der Waals surface area contributed by atoms with E-state index in [1.807, 2.05) is 42.2 Å². The maximum atomic E-state index is 12.6. The molecule has 0 aliphatic carbocycles.